The summed E-state index contributed by atoms with van der Waals surface area (Å²) >= 11 is 6.07. The molecular weight excluding hydrogens is 334 g/mol. The molecule has 0 spiro atoms. The normalized spacial score (nSPS) is 11.6. The molecule has 1 amide bonds. The average Bonchev–Trinajstić information content (AvgIpc) is 2.63. The van der Waals surface area contributed by atoms with Gasteiger partial charge in [-0.1, -0.05) is 41.9 Å². The zero-order valence-corrected chi connectivity index (χ0v) is 15.3. The zero-order valence-electron chi connectivity index (χ0n) is 14.5. The fourth-order valence-corrected chi connectivity index (χ4v) is 2.67. The Morgan fingerprint density at radius 2 is 2.00 bits per heavy atom. The second kappa shape index (κ2) is 9.22. The lowest BCUT2D eigenvalue weighted by molar-refractivity contribution is -0.117. The van der Waals surface area contributed by atoms with Crippen molar-refractivity contribution >= 4 is 23.2 Å². The van der Waals surface area contributed by atoms with E-state index in [1.54, 1.807) is 11.0 Å². The third kappa shape index (κ3) is 5.32. The maximum Gasteiger partial charge on any atom is 0.240 e. The Kier molecular flexibility index (Phi) is 7.00. The van der Waals surface area contributed by atoms with Crippen molar-refractivity contribution in [2.24, 2.45) is 0 Å². The van der Waals surface area contributed by atoms with Crippen molar-refractivity contribution in [1.29, 1.82) is 5.26 Å². The number of aryl methyl sites for hydroxylation is 1. The largest absolute Gasteiger partial charge is 0.310 e. The molecule has 0 aliphatic carbocycles. The predicted molar refractivity (Wildman–Crippen MR) is 102 cm³/mol. The number of nitriles is 1. The van der Waals surface area contributed by atoms with Crippen LogP contribution in [0.1, 0.15) is 30.5 Å². The van der Waals surface area contributed by atoms with Crippen molar-refractivity contribution in [2.75, 3.05) is 18.0 Å². The SMILES string of the molecule is Cc1cc(N(CCC#N)C(=O)CNC(C)c2ccccc2)ccc1Cl. The summed E-state index contributed by atoms with van der Waals surface area (Å²) < 4.78 is 0. The van der Waals surface area contributed by atoms with E-state index in [0.29, 0.717) is 11.6 Å². The van der Waals surface area contributed by atoms with Crippen molar-refractivity contribution < 1.29 is 4.79 Å². The summed E-state index contributed by atoms with van der Waals surface area (Å²) in [6.45, 7) is 4.48. The molecule has 2 aromatic rings. The summed E-state index contributed by atoms with van der Waals surface area (Å²) in [6, 6.07) is 17.6. The second-order valence-corrected chi connectivity index (χ2v) is 6.31. The summed E-state index contributed by atoms with van der Waals surface area (Å²) in [5.74, 6) is -0.0697. The molecule has 2 aromatic carbocycles. The molecule has 130 valence electrons. The number of amides is 1. The second-order valence-electron chi connectivity index (χ2n) is 5.90. The Morgan fingerprint density at radius 1 is 1.28 bits per heavy atom. The highest BCUT2D eigenvalue weighted by Gasteiger charge is 2.17. The zero-order chi connectivity index (χ0) is 18.2. The van der Waals surface area contributed by atoms with Gasteiger partial charge in [0.1, 0.15) is 0 Å². The minimum atomic E-state index is -0.0697. The monoisotopic (exact) mass is 355 g/mol. The van der Waals surface area contributed by atoms with E-state index >= 15 is 0 Å². The van der Waals surface area contributed by atoms with Gasteiger partial charge in [-0.2, -0.15) is 5.26 Å². The van der Waals surface area contributed by atoms with Crippen LogP contribution < -0.4 is 10.2 Å². The van der Waals surface area contributed by atoms with E-state index in [0.717, 1.165) is 16.8 Å². The third-order valence-corrected chi connectivity index (χ3v) is 4.48. The number of anilines is 1. The molecule has 0 heterocycles. The van der Waals surface area contributed by atoms with E-state index in [4.69, 9.17) is 16.9 Å². The number of rotatable bonds is 7. The van der Waals surface area contributed by atoms with Crippen molar-refractivity contribution in [3.63, 3.8) is 0 Å². The molecule has 0 fully saturated rings. The van der Waals surface area contributed by atoms with Crippen LogP contribution in [0, 0.1) is 18.3 Å². The molecule has 4 nitrogen and oxygen atoms in total. The summed E-state index contributed by atoms with van der Waals surface area (Å²) in [4.78, 5) is 14.3. The maximum absolute atomic E-state index is 12.7. The highest BCUT2D eigenvalue weighted by Crippen LogP contribution is 2.23. The smallest absolute Gasteiger partial charge is 0.240 e. The molecule has 0 aromatic heterocycles. The molecule has 0 aliphatic rings. The minimum absolute atomic E-state index is 0.0647. The number of hydrogen-bond acceptors (Lipinski definition) is 3. The van der Waals surface area contributed by atoms with Crippen LogP contribution in [0.2, 0.25) is 5.02 Å². The van der Waals surface area contributed by atoms with Crippen LogP contribution in [0.4, 0.5) is 5.69 Å². The van der Waals surface area contributed by atoms with Crippen molar-refractivity contribution in [3.05, 3.63) is 64.7 Å². The number of carbonyl (C=O) groups excluding carboxylic acids is 1. The van der Waals surface area contributed by atoms with Crippen molar-refractivity contribution in [3.8, 4) is 6.07 Å². The Morgan fingerprint density at radius 3 is 2.64 bits per heavy atom. The van der Waals surface area contributed by atoms with Crippen molar-refractivity contribution in [2.45, 2.75) is 26.3 Å². The lowest BCUT2D eigenvalue weighted by Crippen LogP contribution is -2.39. The molecular formula is C20H22ClN3O. The Labute approximate surface area is 154 Å². The number of halogens is 1. The van der Waals surface area contributed by atoms with Gasteiger partial charge in [-0.25, -0.2) is 0 Å². The molecule has 1 unspecified atom stereocenters. The molecule has 0 bridgehead atoms. The van der Waals surface area contributed by atoms with Gasteiger partial charge in [-0.15, -0.1) is 0 Å². The van der Waals surface area contributed by atoms with Crippen molar-refractivity contribution in [1.82, 2.24) is 5.32 Å². The molecule has 2 rings (SSSR count). The van der Waals surface area contributed by atoms with Gasteiger partial charge in [-0.05, 0) is 43.2 Å². The number of carbonyl (C=O) groups is 1. The minimum Gasteiger partial charge on any atom is -0.310 e. The van der Waals surface area contributed by atoms with Gasteiger partial charge >= 0.3 is 0 Å². The van der Waals surface area contributed by atoms with Crippen LogP contribution in [-0.4, -0.2) is 19.0 Å². The fraction of sp³-hybridized carbons (Fsp3) is 0.300. The van der Waals surface area contributed by atoms with E-state index in [1.165, 1.54) is 0 Å². The summed E-state index contributed by atoms with van der Waals surface area (Å²) in [6.07, 6.45) is 0.279. The topological polar surface area (TPSA) is 56.1 Å². The molecule has 25 heavy (non-hydrogen) atoms. The highest BCUT2D eigenvalue weighted by atomic mass is 35.5. The molecule has 1 N–H and O–H groups in total. The van der Waals surface area contributed by atoms with Crippen LogP contribution in [-0.2, 0) is 4.79 Å². The molecule has 1 atom stereocenters. The van der Waals surface area contributed by atoms with E-state index in [2.05, 4.69) is 11.4 Å². The van der Waals surface area contributed by atoms with Crippen LogP contribution in [0.15, 0.2) is 48.5 Å². The van der Waals surface area contributed by atoms with Gasteiger partial charge in [0, 0.05) is 23.3 Å². The van der Waals surface area contributed by atoms with E-state index in [9.17, 15) is 4.79 Å². The van der Waals surface area contributed by atoms with Crippen LogP contribution in [0.3, 0.4) is 0 Å². The lowest BCUT2D eigenvalue weighted by Gasteiger charge is -2.24. The summed E-state index contributed by atoms with van der Waals surface area (Å²) in [7, 11) is 0. The van der Waals surface area contributed by atoms with Crippen LogP contribution >= 0.6 is 11.6 Å². The molecule has 5 heteroatoms. The Hall–Kier alpha value is -2.35. The number of nitrogens with one attached hydrogen (secondary N) is 1. The summed E-state index contributed by atoms with van der Waals surface area (Å²) in [5.41, 5.74) is 2.79. The lowest BCUT2D eigenvalue weighted by atomic mass is 10.1. The number of nitrogens with zero attached hydrogens (tertiary/aromatic N) is 2. The summed E-state index contributed by atoms with van der Waals surface area (Å²) in [5, 5.41) is 12.8. The third-order valence-electron chi connectivity index (χ3n) is 4.06. The first-order valence-electron chi connectivity index (χ1n) is 8.24. The molecule has 0 saturated carbocycles. The Balaban J connectivity index is 2.07. The quantitative estimate of drug-likeness (QED) is 0.807. The predicted octanol–water partition coefficient (Wildman–Crippen LogP) is 4.25. The van der Waals surface area contributed by atoms with Gasteiger partial charge in [0.2, 0.25) is 5.91 Å². The van der Waals surface area contributed by atoms with Gasteiger partial charge in [0.05, 0.1) is 19.0 Å². The Bertz CT molecular complexity index is 755. The van der Waals surface area contributed by atoms with Gasteiger partial charge < -0.3 is 10.2 Å². The maximum atomic E-state index is 12.7. The fourth-order valence-electron chi connectivity index (χ4n) is 2.55. The van der Waals surface area contributed by atoms with E-state index < -0.39 is 0 Å². The first-order valence-corrected chi connectivity index (χ1v) is 8.62. The van der Waals surface area contributed by atoms with Gasteiger partial charge in [0.25, 0.3) is 0 Å². The number of benzene rings is 2. The van der Waals surface area contributed by atoms with Gasteiger partial charge in [-0.3, -0.25) is 4.79 Å². The van der Waals surface area contributed by atoms with Crippen LogP contribution in [0.25, 0.3) is 0 Å². The highest BCUT2D eigenvalue weighted by molar-refractivity contribution is 6.31. The molecule has 0 radical (unpaired) electrons. The van der Waals surface area contributed by atoms with Gasteiger partial charge in [0.15, 0.2) is 0 Å². The first-order chi connectivity index (χ1) is 12.0. The van der Waals surface area contributed by atoms with Crippen LogP contribution in [0.5, 0.6) is 0 Å². The standard InChI is InChI=1S/C20H22ClN3O/c1-15-13-18(9-10-19(15)21)24(12-6-11-22)20(25)14-23-16(2)17-7-4-3-5-8-17/h3-5,7-10,13,16,23H,6,12,14H2,1-2H3. The average molecular weight is 356 g/mol. The first kappa shape index (κ1) is 19.0. The van der Waals surface area contributed by atoms with E-state index in [-0.39, 0.29) is 24.9 Å². The molecule has 0 aliphatic heterocycles. The van der Waals surface area contributed by atoms with E-state index in [1.807, 2.05) is 56.3 Å². The molecule has 0 saturated heterocycles. The number of hydrogen-bond donors (Lipinski definition) is 1.